The smallest absolute Gasteiger partial charge is 0.226 e. The van der Waals surface area contributed by atoms with E-state index in [4.69, 9.17) is 9.47 Å². The monoisotopic (exact) mass is 237 g/mol. The van der Waals surface area contributed by atoms with E-state index in [-0.39, 0.29) is 5.60 Å². The quantitative estimate of drug-likeness (QED) is 0.818. The predicted octanol–water partition coefficient (Wildman–Crippen LogP) is 1.86. The van der Waals surface area contributed by atoms with Gasteiger partial charge in [-0.05, 0) is 26.2 Å². The third-order valence-corrected chi connectivity index (χ3v) is 3.19. The van der Waals surface area contributed by atoms with Crippen molar-refractivity contribution >= 4 is 5.95 Å². The summed E-state index contributed by atoms with van der Waals surface area (Å²) in [6.45, 7) is 3.29. The van der Waals surface area contributed by atoms with Gasteiger partial charge in [0, 0.05) is 25.9 Å². The molecule has 2 rings (SSSR count). The van der Waals surface area contributed by atoms with Crippen molar-refractivity contribution in [3.63, 3.8) is 0 Å². The molecule has 5 nitrogen and oxygen atoms in total. The molecule has 0 aromatic carbocycles. The van der Waals surface area contributed by atoms with Gasteiger partial charge in [0.1, 0.15) is 0 Å². The molecule has 0 amide bonds. The predicted molar refractivity (Wildman–Crippen MR) is 65.3 cm³/mol. The number of aromatic nitrogens is 2. The zero-order chi connectivity index (χ0) is 12.1. The summed E-state index contributed by atoms with van der Waals surface area (Å²) in [5, 5.41) is 3.21. The molecule has 0 saturated heterocycles. The largest absolute Gasteiger partial charge is 0.478 e. The van der Waals surface area contributed by atoms with Crippen molar-refractivity contribution in [1.82, 2.24) is 9.97 Å². The molecule has 17 heavy (non-hydrogen) atoms. The van der Waals surface area contributed by atoms with Crippen molar-refractivity contribution in [2.24, 2.45) is 0 Å². The fraction of sp³-hybridized carbons (Fsp3) is 0.667. The van der Waals surface area contributed by atoms with Crippen LogP contribution in [-0.2, 0) is 4.74 Å². The van der Waals surface area contributed by atoms with Crippen LogP contribution < -0.4 is 10.1 Å². The van der Waals surface area contributed by atoms with E-state index in [1.807, 2.05) is 6.92 Å². The number of nitrogens with zero attached hydrogens (tertiary/aromatic N) is 2. The number of ether oxygens (including phenoxy) is 2. The van der Waals surface area contributed by atoms with E-state index in [2.05, 4.69) is 15.3 Å². The van der Waals surface area contributed by atoms with Gasteiger partial charge in [-0.3, -0.25) is 0 Å². The molecule has 1 aliphatic carbocycles. The highest BCUT2D eigenvalue weighted by molar-refractivity contribution is 5.28. The van der Waals surface area contributed by atoms with Crippen molar-refractivity contribution in [2.75, 3.05) is 25.6 Å². The number of hydrogen-bond donors (Lipinski definition) is 1. The highest BCUT2D eigenvalue weighted by atomic mass is 16.5. The van der Waals surface area contributed by atoms with E-state index in [9.17, 15) is 0 Å². The van der Waals surface area contributed by atoms with Crippen LogP contribution in [0.25, 0.3) is 0 Å². The van der Waals surface area contributed by atoms with E-state index in [1.54, 1.807) is 19.4 Å². The maximum atomic E-state index is 5.52. The average molecular weight is 237 g/mol. The molecular weight excluding hydrogens is 218 g/mol. The fourth-order valence-corrected chi connectivity index (χ4v) is 1.92. The van der Waals surface area contributed by atoms with Crippen LogP contribution in [0, 0.1) is 0 Å². The van der Waals surface area contributed by atoms with E-state index >= 15 is 0 Å². The Kier molecular flexibility index (Phi) is 3.78. The van der Waals surface area contributed by atoms with Crippen molar-refractivity contribution in [1.29, 1.82) is 0 Å². The maximum absolute atomic E-state index is 5.52. The third kappa shape index (κ3) is 2.85. The second kappa shape index (κ2) is 5.31. The molecule has 0 spiro atoms. The fourth-order valence-electron chi connectivity index (χ4n) is 1.92. The van der Waals surface area contributed by atoms with Crippen LogP contribution in [0.2, 0.25) is 0 Å². The summed E-state index contributed by atoms with van der Waals surface area (Å²) >= 11 is 0. The Bertz CT molecular complexity index is 361. The van der Waals surface area contributed by atoms with Gasteiger partial charge in [0.05, 0.1) is 12.2 Å². The van der Waals surface area contributed by atoms with E-state index in [0.29, 0.717) is 18.4 Å². The molecule has 1 fully saturated rings. The Morgan fingerprint density at radius 1 is 1.47 bits per heavy atom. The molecule has 1 heterocycles. The lowest BCUT2D eigenvalue weighted by Crippen LogP contribution is -2.45. The van der Waals surface area contributed by atoms with Gasteiger partial charge >= 0.3 is 0 Å². The normalized spacial score (nSPS) is 17.3. The first-order valence-corrected chi connectivity index (χ1v) is 6.03. The summed E-state index contributed by atoms with van der Waals surface area (Å²) < 4.78 is 10.8. The Labute approximate surface area is 102 Å². The summed E-state index contributed by atoms with van der Waals surface area (Å²) in [6, 6.07) is 1.75. The van der Waals surface area contributed by atoms with Crippen molar-refractivity contribution in [3.05, 3.63) is 12.3 Å². The first-order valence-electron chi connectivity index (χ1n) is 6.03. The molecule has 0 aliphatic heterocycles. The summed E-state index contributed by atoms with van der Waals surface area (Å²) in [6.07, 6.45) is 5.12. The molecule has 1 aromatic heterocycles. The van der Waals surface area contributed by atoms with Gasteiger partial charge < -0.3 is 14.8 Å². The Morgan fingerprint density at radius 3 is 2.88 bits per heavy atom. The molecule has 5 heteroatoms. The van der Waals surface area contributed by atoms with Gasteiger partial charge in [0.25, 0.3) is 0 Å². The molecule has 1 N–H and O–H groups in total. The van der Waals surface area contributed by atoms with Gasteiger partial charge in [-0.15, -0.1) is 0 Å². The number of hydrogen-bond acceptors (Lipinski definition) is 5. The molecule has 0 bridgehead atoms. The lowest BCUT2D eigenvalue weighted by molar-refractivity contribution is -0.0602. The number of anilines is 1. The lowest BCUT2D eigenvalue weighted by atomic mass is 9.80. The molecular formula is C12H19N3O2. The van der Waals surface area contributed by atoms with Crippen molar-refractivity contribution in [2.45, 2.75) is 31.8 Å². The van der Waals surface area contributed by atoms with Gasteiger partial charge in [-0.2, -0.15) is 4.98 Å². The molecule has 0 atom stereocenters. The zero-order valence-corrected chi connectivity index (χ0v) is 10.4. The van der Waals surface area contributed by atoms with E-state index in [1.165, 1.54) is 6.42 Å². The van der Waals surface area contributed by atoms with Gasteiger partial charge in [0.2, 0.25) is 11.8 Å². The average Bonchev–Trinajstić information content (AvgIpc) is 2.29. The van der Waals surface area contributed by atoms with Crippen LogP contribution in [0.1, 0.15) is 26.2 Å². The molecule has 94 valence electrons. The highest BCUT2D eigenvalue weighted by Crippen LogP contribution is 2.34. The van der Waals surface area contributed by atoms with E-state index < -0.39 is 0 Å². The van der Waals surface area contributed by atoms with Gasteiger partial charge in [0.15, 0.2) is 0 Å². The number of methoxy groups -OCH3 is 1. The van der Waals surface area contributed by atoms with Crippen LogP contribution in [0.3, 0.4) is 0 Å². The van der Waals surface area contributed by atoms with Crippen LogP contribution in [-0.4, -0.2) is 35.8 Å². The minimum atomic E-state index is -0.0228. The van der Waals surface area contributed by atoms with Gasteiger partial charge in [-0.25, -0.2) is 4.98 Å². The SMILES string of the molecule is CCOc1ccnc(NCC2(OC)CCC2)n1. The maximum Gasteiger partial charge on any atom is 0.226 e. The minimum absolute atomic E-state index is 0.0228. The first-order chi connectivity index (χ1) is 8.28. The summed E-state index contributed by atoms with van der Waals surface area (Å²) in [7, 11) is 1.76. The lowest BCUT2D eigenvalue weighted by Gasteiger charge is -2.40. The van der Waals surface area contributed by atoms with Crippen LogP contribution >= 0.6 is 0 Å². The standard InChI is InChI=1S/C12H19N3O2/c1-3-17-10-5-8-13-11(15-10)14-9-12(16-2)6-4-7-12/h5,8H,3-4,6-7,9H2,1-2H3,(H,13,14,15). The molecule has 0 unspecified atom stereocenters. The van der Waals surface area contributed by atoms with Gasteiger partial charge in [-0.1, -0.05) is 0 Å². The zero-order valence-electron chi connectivity index (χ0n) is 10.4. The number of rotatable bonds is 6. The Hall–Kier alpha value is -1.36. The highest BCUT2D eigenvalue weighted by Gasteiger charge is 2.36. The minimum Gasteiger partial charge on any atom is -0.478 e. The van der Waals surface area contributed by atoms with Crippen LogP contribution in [0.4, 0.5) is 5.95 Å². The van der Waals surface area contributed by atoms with Crippen LogP contribution in [0.15, 0.2) is 12.3 Å². The van der Waals surface area contributed by atoms with E-state index in [0.717, 1.165) is 19.4 Å². The van der Waals surface area contributed by atoms with Crippen molar-refractivity contribution < 1.29 is 9.47 Å². The number of nitrogens with one attached hydrogen (secondary N) is 1. The second-order valence-electron chi connectivity index (χ2n) is 4.25. The first kappa shape index (κ1) is 12.1. The molecule has 1 aliphatic rings. The summed E-state index contributed by atoms with van der Waals surface area (Å²) in [4.78, 5) is 8.42. The second-order valence-corrected chi connectivity index (χ2v) is 4.25. The van der Waals surface area contributed by atoms with Crippen molar-refractivity contribution in [3.8, 4) is 5.88 Å². The molecule has 1 aromatic rings. The summed E-state index contributed by atoms with van der Waals surface area (Å²) in [5.41, 5.74) is -0.0228. The summed E-state index contributed by atoms with van der Waals surface area (Å²) in [5.74, 6) is 1.20. The van der Waals surface area contributed by atoms with Crippen LogP contribution in [0.5, 0.6) is 5.88 Å². The molecule has 1 saturated carbocycles. The topological polar surface area (TPSA) is 56.3 Å². The Morgan fingerprint density at radius 2 is 2.29 bits per heavy atom. The molecule has 0 radical (unpaired) electrons. The Balaban J connectivity index is 1.92. The third-order valence-electron chi connectivity index (χ3n) is 3.19.